The molecule has 1 aromatic rings. The van der Waals surface area contributed by atoms with Gasteiger partial charge in [0.25, 0.3) is 0 Å². The normalized spacial score (nSPS) is 10.7. The van der Waals surface area contributed by atoms with Crippen molar-refractivity contribution in [1.82, 2.24) is 10.6 Å². The standard InChI is InChI=1S/C37H52N2O16/c1-4-31(42)51-23-24-52-32(43)11-7-6-10-20-54-55-33(44)12-8-5-9-19-50-34(45)25-29(40)38-17-18-39-30(41)26-35(46)53-22-21-49-28-15-13-27(14-16-28)36(47)37(2,3)48/h4,13-16,48H,1,5-12,17-26H2,2-3H3,(H,38,40)(H,39,41). The van der Waals surface area contributed by atoms with Gasteiger partial charge >= 0.3 is 29.8 Å². The van der Waals surface area contributed by atoms with Crippen molar-refractivity contribution in [1.29, 1.82) is 0 Å². The highest BCUT2D eigenvalue weighted by molar-refractivity contribution is 6.01. The smallest absolute Gasteiger partial charge is 0.342 e. The van der Waals surface area contributed by atoms with Crippen LogP contribution < -0.4 is 15.4 Å². The molecule has 0 aromatic heterocycles. The van der Waals surface area contributed by atoms with Crippen molar-refractivity contribution in [3.05, 3.63) is 42.5 Å². The van der Waals surface area contributed by atoms with Crippen LogP contribution in [0.2, 0.25) is 0 Å². The molecule has 18 heteroatoms. The predicted molar refractivity (Wildman–Crippen MR) is 191 cm³/mol. The Labute approximate surface area is 319 Å². The lowest BCUT2D eigenvalue weighted by molar-refractivity contribution is -0.272. The zero-order valence-corrected chi connectivity index (χ0v) is 31.4. The van der Waals surface area contributed by atoms with E-state index < -0.39 is 65.9 Å². The van der Waals surface area contributed by atoms with Gasteiger partial charge in [0.2, 0.25) is 11.8 Å². The molecule has 0 bridgehead atoms. The number of ether oxygens (including phenoxy) is 5. The first-order valence-corrected chi connectivity index (χ1v) is 17.8. The summed E-state index contributed by atoms with van der Waals surface area (Å²) in [5.41, 5.74) is -1.18. The van der Waals surface area contributed by atoms with E-state index in [0.29, 0.717) is 49.8 Å². The van der Waals surface area contributed by atoms with E-state index in [1.807, 2.05) is 0 Å². The van der Waals surface area contributed by atoms with E-state index >= 15 is 0 Å². The first-order chi connectivity index (χ1) is 26.2. The van der Waals surface area contributed by atoms with Gasteiger partial charge < -0.3 is 39.4 Å². The maximum atomic E-state index is 12.1. The number of carbonyl (C=O) groups is 8. The maximum Gasteiger partial charge on any atom is 0.342 e. The number of benzene rings is 1. The molecule has 0 radical (unpaired) electrons. The molecule has 0 aliphatic rings. The molecule has 0 atom stereocenters. The highest BCUT2D eigenvalue weighted by Crippen LogP contribution is 2.17. The Balaban J connectivity index is 1.97. The molecule has 0 aliphatic heterocycles. The van der Waals surface area contributed by atoms with Crippen LogP contribution in [0.5, 0.6) is 5.75 Å². The summed E-state index contributed by atoms with van der Waals surface area (Å²) < 4.78 is 25.0. The molecule has 2 amide bonds. The molecule has 0 heterocycles. The van der Waals surface area contributed by atoms with Gasteiger partial charge in [-0.25, -0.2) is 9.59 Å². The van der Waals surface area contributed by atoms with Gasteiger partial charge in [0.05, 0.1) is 13.2 Å². The molecule has 0 spiro atoms. The summed E-state index contributed by atoms with van der Waals surface area (Å²) in [5.74, 6) is -4.31. The van der Waals surface area contributed by atoms with Crippen molar-refractivity contribution in [2.75, 3.05) is 52.7 Å². The second-order valence-electron chi connectivity index (χ2n) is 12.2. The van der Waals surface area contributed by atoms with Gasteiger partial charge in [-0.15, -0.1) is 0 Å². The lowest BCUT2D eigenvalue weighted by Gasteiger charge is -2.15. The molecule has 1 rings (SSSR count). The van der Waals surface area contributed by atoms with Crippen molar-refractivity contribution >= 4 is 47.4 Å². The summed E-state index contributed by atoms with van der Waals surface area (Å²) in [4.78, 5) is 103. The van der Waals surface area contributed by atoms with Crippen LogP contribution in [-0.2, 0) is 62.3 Å². The third-order valence-electron chi connectivity index (χ3n) is 6.97. The van der Waals surface area contributed by atoms with E-state index in [9.17, 15) is 43.5 Å². The van der Waals surface area contributed by atoms with Crippen LogP contribution in [0.1, 0.15) is 88.4 Å². The number of unbranched alkanes of at least 4 members (excludes halogenated alkanes) is 4. The average molecular weight is 781 g/mol. The quantitative estimate of drug-likeness (QED) is 0.0148. The van der Waals surface area contributed by atoms with Gasteiger partial charge in [0.15, 0.2) is 5.78 Å². The number of carbonyl (C=O) groups excluding carboxylic acids is 8. The molecule has 306 valence electrons. The van der Waals surface area contributed by atoms with Crippen LogP contribution in [0.3, 0.4) is 0 Å². The van der Waals surface area contributed by atoms with E-state index in [1.165, 1.54) is 38.1 Å². The maximum absolute atomic E-state index is 12.1. The van der Waals surface area contributed by atoms with Crippen molar-refractivity contribution in [2.45, 2.75) is 83.7 Å². The molecule has 55 heavy (non-hydrogen) atoms. The van der Waals surface area contributed by atoms with Gasteiger partial charge in [-0.05, 0) is 70.2 Å². The van der Waals surface area contributed by atoms with Crippen LogP contribution in [0.15, 0.2) is 36.9 Å². The van der Waals surface area contributed by atoms with Crippen LogP contribution >= 0.6 is 0 Å². The Morgan fingerprint density at radius 3 is 1.73 bits per heavy atom. The van der Waals surface area contributed by atoms with Gasteiger partial charge in [-0.2, -0.15) is 4.89 Å². The van der Waals surface area contributed by atoms with E-state index in [-0.39, 0.29) is 65.6 Å². The van der Waals surface area contributed by atoms with Gasteiger partial charge in [-0.1, -0.05) is 13.0 Å². The number of nitrogens with one attached hydrogen (secondary N) is 2. The molecule has 1 aromatic carbocycles. The van der Waals surface area contributed by atoms with Gasteiger partial charge in [0, 0.05) is 37.6 Å². The van der Waals surface area contributed by atoms with Crippen LogP contribution in [-0.4, -0.2) is 111 Å². The topological polar surface area (TPSA) is 245 Å². The van der Waals surface area contributed by atoms with Crippen LogP contribution in [0.4, 0.5) is 0 Å². The lowest BCUT2D eigenvalue weighted by Crippen LogP contribution is -2.36. The number of ketones is 1. The van der Waals surface area contributed by atoms with Crippen molar-refractivity contribution < 1.29 is 76.9 Å². The number of esters is 4. The second kappa shape index (κ2) is 28.1. The van der Waals surface area contributed by atoms with E-state index in [0.717, 1.165) is 6.08 Å². The Kier molecular flexibility index (Phi) is 24.4. The summed E-state index contributed by atoms with van der Waals surface area (Å²) in [6.07, 6.45) is 3.50. The third-order valence-corrected chi connectivity index (χ3v) is 6.97. The average Bonchev–Trinajstić information content (AvgIpc) is 3.14. The Morgan fingerprint density at radius 2 is 1.15 bits per heavy atom. The van der Waals surface area contributed by atoms with E-state index in [4.69, 9.17) is 33.5 Å². The Morgan fingerprint density at radius 1 is 0.636 bits per heavy atom. The molecular formula is C37H52N2O16. The second-order valence-corrected chi connectivity index (χ2v) is 12.2. The van der Waals surface area contributed by atoms with E-state index in [1.54, 1.807) is 0 Å². The summed E-state index contributed by atoms with van der Waals surface area (Å²) in [6.45, 7) is 6.09. The largest absolute Gasteiger partial charge is 0.490 e. The number of aliphatic hydroxyl groups is 1. The van der Waals surface area contributed by atoms with Crippen molar-refractivity contribution in [3.8, 4) is 5.75 Å². The first kappa shape index (κ1) is 47.7. The fourth-order valence-corrected chi connectivity index (χ4v) is 4.18. The fraction of sp³-hybridized carbons (Fsp3) is 0.568. The summed E-state index contributed by atoms with van der Waals surface area (Å²) in [7, 11) is 0. The summed E-state index contributed by atoms with van der Waals surface area (Å²) in [5, 5.41) is 14.7. The third kappa shape index (κ3) is 25.3. The summed E-state index contributed by atoms with van der Waals surface area (Å²) >= 11 is 0. The van der Waals surface area contributed by atoms with Gasteiger partial charge in [-0.3, -0.25) is 33.7 Å². The SMILES string of the molecule is C=CC(=O)OCCOC(=O)CCCCCOOC(=O)CCCCCOC(=O)CC(=O)NCCNC(=O)CC(=O)OCCOc1ccc(C(=O)C(C)(C)O)cc1. The number of rotatable bonds is 30. The highest BCUT2D eigenvalue weighted by atomic mass is 17.2. The van der Waals surface area contributed by atoms with Crippen molar-refractivity contribution in [3.63, 3.8) is 0 Å². The Bertz CT molecular complexity index is 1400. The number of hydrogen-bond acceptors (Lipinski definition) is 16. The van der Waals surface area contributed by atoms with Gasteiger partial charge in [0.1, 0.15) is 50.6 Å². The summed E-state index contributed by atoms with van der Waals surface area (Å²) in [6, 6.07) is 6.09. The fourth-order valence-electron chi connectivity index (χ4n) is 4.18. The molecular weight excluding hydrogens is 728 g/mol. The van der Waals surface area contributed by atoms with Crippen molar-refractivity contribution in [2.24, 2.45) is 0 Å². The Hall–Kier alpha value is -5.36. The number of Topliss-reactive ketones (excluding diaryl/α,β-unsaturated/α-hetero) is 1. The lowest BCUT2D eigenvalue weighted by atomic mass is 9.97. The molecule has 3 N–H and O–H groups in total. The highest BCUT2D eigenvalue weighted by Gasteiger charge is 2.25. The zero-order valence-electron chi connectivity index (χ0n) is 31.4. The number of amides is 2. The molecule has 0 saturated heterocycles. The number of hydrogen-bond donors (Lipinski definition) is 3. The van der Waals surface area contributed by atoms with Crippen LogP contribution in [0, 0.1) is 0 Å². The minimum atomic E-state index is -1.50. The molecule has 0 fully saturated rings. The minimum Gasteiger partial charge on any atom is -0.490 e. The molecule has 0 unspecified atom stereocenters. The first-order valence-electron chi connectivity index (χ1n) is 17.8. The molecule has 0 saturated carbocycles. The predicted octanol–water partition coefficient (Wildman–Crippen LogP) is 1.99. The molecule has 0 aliphatic carbocycles. The molecule has 18 nitrogen and oxygen atoms in total. The zero-order chi connectivity index (χ0) is 40.9. The minimum absolute atomic E-state index is 0.00307. The monoisotopic (exact) mass is 780 g/mol. The van der Waals surface area contributed by atoms with Crippen LogP contribution in [0.25, 0.3) is 0 Å². The van der Waals surface area contributed by atoms with E-state index in [2.05, 4.69) is 17.2 Å².